The van der Waals surface area contributed by atoms with Crippen LogP contribution in [0.3, 0.4) is 0 Å². The smallest absolute Gasteiger partial charge is 0.119 e. The molecule has 21 heavy (non-hydrogen) atoms. The Kier molecular flexibility index (Phi) is 6.96. The van der Waals surface area contributed by atoms with E-state index >= 15 is 0 Å². The molecular weight excluding hydrogens is 332 g/mol. The highest BCUT2D eigenvalue weighted by atomic mass is 79.9. The molecular formula is C16H25BrN2O2. The monoisotopic (exact) mass is 356 g/mol. The number of rotatable bonds is 7. The molecule has 4 nitrogen and oxygen atoms in total. The maximum absolute atomic E-state index is 9.95. The van der Waals surface area contributed by atoms with E-state index in [2.05, 4.69) is 33.2 Å². The Morgan fingerprint density at radius 2 is 2.14 bits per heavy atom. The molecule has 2 rings (SSSR count). The average molecular weight is 357 g/mol. The molecule has 0 bridgehead atoms. The molecule has 0 radical (unpaired) electrons. The van der Waals surface area contributed by atoms with E-state index < -0.39 is 6.10 Å². The summed E-state index contributed by atoms with van der Waals surface area (Å²) in [5.41, 5.74) is 0. The third-order valence-electron chi connectivity index (χ3n) is 3.94. The van der Waals surface area contributed by atoms with Crippen LogP contribution >= 0.6 is 15.9 Å². The number of ether oxygens (including phenoxy) is 1. The van der Waals surface area contributed by atoms with E-state index in [1.165, 1.54) is 25.8 Å². The number of nitrogens with zero attached hydrogens (tertiary/aromatic N) is 1. The first-order valence-corrected chi connectivity index (χ1v) is 8.42. The Labute approximate surface area is 135 Å². The molecule has 1 fully saturated rings. The third kappa shape index (κ3) is 5.94. The second kappa shape index (κ2) is 8.73. The lowest BCUT2D eigenvalue weighted by molar-refractivity contribution is 0.102. The molecule has 1 aromatic carbocycles. The van der Waals surface area contributed by atoms with Gasteiger partial charge in [-0.05, 0) is 50.7 Å². The molecule has 2 unspecified atom stereocenters. The van der Waals surface area contributed by atoms with Gasteiger partial charge in [-0.2, -0.15) is 0 Å². The zero-order chi connectivity index (χ0) is 15.1. The van der Waals surface area contributed by atoms with Crippen LogP contribution in [0, 0.1) is 0 Å². The molecule has 2 atom stereocenters. The standard InChI is InChI=1S/C16H25BrN2O2/c1-19-9-3-2-4-14(19)10-18-11-15(20)12-21-16-7-5-13(17)6-8-16/h5-8,14-15,18,20H,2-4,9-12H2,1H3. The average Bonchev–Trinajstić information content (AvgIpc) is 2.49. The first kappa shape index (κ1) is 16.7. The van der Waals surface area contributed by atoms with Crippen molar-refractivity contribution >= 4 is 15.9 Å². The van der Waals surface area contributed by atoms with E-state index in [0.717, 1.165) is 16.8 Å². The lowest BCUT2D eigenvalue weighted by atomic mass is 10.0. The van der Waals surface area contributed by atoms with Crippen LogP contribution in [-0.4, -0.2) is 55.4 Å². The maximum Gasteiger partial charge on any atom is 0.119 e. The molecule has 1 saturated heterocycles. The molecule has 1 aromatic rings. The Bertz CT molecular complexity index is 413. The van der Waals surface area contributed by atoms with Gasteiger partial charge in [0.05, 0.1) is 0 Å². The molecule has 5 heteroatoms. The van der Waals surface area contributed by atoms with Gasteiger partial charge in [-0.25, -0.2) is 0 Å². The van der Waals surface area contributed by atoms with Crippen molar-refractivity contribution < 1.29 is 9.84 Å². The number of aliphatic hydroxyl groups is 1. The SMILES string of the molecule is CN1CCCCC1CNCC(O)COc1ccc(Br)cc1. The van der Waals surface area contributed by atoms with Crippen molar-refractivity contribution in [2.45, 2.75) is 31.4 Å². The molecule has 0 amide bonds. The fourth-order valence-electron chi connectivity index (χ4n) is 2.60. The number of benzene rings is 1. The van der Waals surface area contributed by atoms with Gasteiger partial charge in [-0.15, -0.1) is 0 Å². The zero-order valence-electron chi connectivity index (χ0n) is 12.6. The Morgan fingerprint density at radius 3 is 2.86 bits per heavy atom. The summed E-state index contributed by atoms with van der Waals surface area (Å²) in [6, 6.07) is 8.23. The highest BCUT2D eigenvalue weighted by Gasteiger charge is 2.18. The fraction of sp³-hybridized carbons (Fsp3) is 0.625. The number of halogens is 1. The topological polar surface area (TPSA) is 44.7 Å². The van der Waals surface area contributed by atoms with Gasteiger partial charge >= 0.3 is 0 Å². The van der Waals surface area contributed by atoms with Crippen LogP contribution in [0.2, 0.25) is 0 Å². The summed E-state index contributed by atoms with van der Waals surface area (Å²) in [6.07, 6.45) is 3.37. The largest absolute Gasteiger partial charge is 0.491 e. The summed E-state index contributed by atoms with van der Waals surface area (Å²) in [5.74, 6) is 0.782. The van der Waals surface area contributed by atoms with Crippen molar-refractivity contribution in [2.24, 2.45) is 0 Å². The van der Waals surface area contributed by atoms with Crippen LogP contribution < -0.4 is 10.1 Å². The van der Waals surface area contributed by atoms with Crippen LogP contribution in [0.15, 0.2) is 28.7 Å². The Morgan fingerprint density at radius 1 is 1.38 bits per heavy atom. The Balaban J connectivity index is 1.61. The van der Waals surface area contributed by atoms with Crippen molar-refractivity contribution in [3.63, 3.8) is 0 Å². The van der Waals surface area contributed by atoms with E-state index in [1.807, 2.05) is 24.3 Å². The molecule has 0 aromatic heterocycles. The van der Waals surface area contributed by atoms with E-state index in [-0.39, 0.29) is 0 Å². The lowest BCUT2D eigenvalue weighted by Gasteiger charge is -2.32. The van der Waals surface area contributed by atoms with Gasteiger partial charge in [0.1, 0.15) is 18.5 Å². The van der Waals surface area contributed by atoms with Gasteiger partial charge in [0.15, 0.2) is 0 Å². The second-order valence-corrected chi connectivity index (χ2v) is 6.62. The van der Waals surface area contributed by atoms with Crippen molar-refractivity contribution in [3.05, 3.63) is 28.7 Å². The van der Waals surface area contributed by atoms with E-state index in [4.69, 9.17) is 4.74 Å². The molecule has 118 valence electrons. The summed E-state index contributed by atoms with van der Waals surface area (Å²) in [7, 11) is 2.18. The number of likely N-dealkylation sites (tertiary alicyclic amines) is 1. The van der Waals surface area contributed by atoms with Crippen LogP contribution in [0.4, 0.5) is 0 Å². The predicted octanol–water partition coefficient (Wildman–Crippen LogP) is 2.26. The zero-order valence-corrected chi connectivity index (χ0v) is 14.2. The first-order valence-electron chi connectivity index (χ1n) is 7.62. The van der Waals surface area contributed by atoms with Crippen molar-refractivity contribution in [1.29, 1.82) is 0 Å². The lowest BCUT2D eigenvalue weighted by Crippen LogP contribution is -2.45. The highest BCUT2D eigenvalue weighted by Crippen LogP contribution is 2.16. The van der Waals surface area contributed by atoms with E-state index in [9.17, 15) is 5.11 Å². The molecule has 0 spiro atoms. The third-order valence-corrected chi connectivity index (χ3v) is 4.47. The maximum atomic E-state index is 9.95. The van der Waals surface area contributed by atoms with Crippen LogP contribution in [0.5, 0.6) is 5.75 Å². The fourth-order valence-corrected chi connectivity index (χ4v) is 2.87. The Hall–Kier alpha value is -0.620. The minimum absolute atomic E-state index is 0.315. The summed E-state index contributed by atoms with van der Waals surface area (Å²) in [6.45, 7) is 3.00. The predicted molar refractivity (Wildman–Crippen MR) is 88.8 cm³/mol. The minimum atomic E-state index is -0.484. The quantitative estimate of drug-likeness (QED) is 0.786. The molecule has 1 aliphatic heterocycles. The number of nitrogens with one attached hydrogen (secondary N) is 1. The van der Waals surface area contributed by atoms with E-state index in [1.54, 1.807) is 0 Å². The molecule has 0 saturated carbocycles. The van der Waals surface area contributed by atoms with Crippen LogP contribution in [0.25, 0.3) is 0 Å². The minimum Gasteiger partial charge on any atom is -0.491 e. The van der Waals surface area contributed by atoms with Gasteiger partial charge < -0.3 is 20.1 Å². The molecule has 2 N–H and O–H groups in total. The summed E-state index contributed by atoms with van der Waals surface area (Å²) in [5, 5.41) is 13.3. The number of aliphatic hydroxyl groups excluding tert-OH is 1. The highest BCUT2D eigenvalue weighted by molar-refractivity contribution is 9.10. The molecule has 1 aliphatic rings. The molecule has 1 heterocycles. The van der Waals surface area contributed by atoms with Gasteiger partial charge in [-0.3, -0.25) is 0 Å². The summed E-state index contributed by atoms with van der Waals surface area (Å²) >= 11 is 3.38. The van der Waals surface area contributed by atoms with Crippen LogP contribution in [0.1, 0.15) is 19.3 Å². The van der Waals surface area contributed by atoms with Gasteiger partial charge in [0, 0.05) is 23.6 Å². The van der Waals surface area contributed by atoms with Gasteiger partial charge in [0.25, 0.3) is 0 Å². The van der Waals surface area contributed by atoms with Gasteiger partial charge in [0.2, 0.25) is 0 Å². The van der Waals surface area contributed by atoms with E-state index in [0.29, 0.717) is 19.2 Å². The van der Waals surface area contributed by atoms with Crippen molar-refractivity contribution in [2.75, 3.05) is 33.3 Å². The number of hydrogen-bond donors (Lipinski definition) is 2. The summed E-state index contributed by atoms with van der Waals surface area (Å²) < 4.78 is 6.59. The number of likely N-dealkylation sites (N-methyl/N-ethyl adjacent to an activating group) is 1. The second-order valence-electron chi connectivity index (χ2n) is 5.71. The number of hydrogen-bond acceptors (Lipinski definition) is 4. The summed E-state index contributed by atoms with van der Waals surface area (Å²) in [4.78, 5) is 2.40. The van der Waals surface area contributed by atoms with Crippen molar-refractivity contribution in [1.82, 2.24) is 10.2 Å². The van der Waals surface area contributed by atoms with Crippen LogP contribution in [-0.2, 0) is 0 Å². The first-order chi connectivity index (χ1) is 10.1. The molecule has 0 aliphatic carbocycles. The number of piperidine rings is 1. The van der Waals surface area contributed by atoms with Gasteiger partial charge in [-0.1, -0.05) is 22.4 Å². The normalized spacial score (nSPS) is 21.2. The van der Waals surface area contributed by atoms with Crippen molar-refractivity contribution in [3.8, 4) is 5.75 Å².